The minimum atomic E-state index is -0.225. The van der Waals surface area contributed by atoms with Crippen LogP contribution in [-0.2, 0) is 6.61 Å². The molecule has 0 saturated heterocycles. The highest BCUT2D eigenvalue weighted by atomic mass is 32.1. The smallest absolute Gasteiger partial charge is 0.237 e. The lowest BCUT2D eigenvalue weighted by molar-refractivity contribution is 0.300. The maximum Gasteiger partial charge on any atom is 0.237 e. The molecule has 0 aliphatic rings. The Labute approximate surface area is 125 Å². The number of nitrogens with one attached hydrogen (secondary N) is 1. The molecule has 1 aromatic carbocycles. The summed E-state index contributed by atoms with van der Waals surface area (Å²) in [5.41, 5.74) is 6.68. The lowest BCUT2D eigenvalue weighted by atomic mass is 10.2. The summed E-state index contributed by atoms with van der Waals surface area (Å²) in [6, 6.07) is 8.75. The van der Waals surface area contributed by atoms with Crippen LogP contribution in [0.15, 0.2) is 34.2 Å². The van der Waals surface area contributed by atoms with Crippen molar-refractivity contribution >= 4 is 22.7 Å². The molecule has 0 aliphatic carbocycles. The number of hydrogen-bond acceptors (Lipinski definition) is 7. The number of nitriles is 2. The Morgan fingerprint density at radius 1 is 1.43 bits per heavy atom. The molecule has 0 aliphatic heterocycles. The van der Waals surface area contributed by atoms with E-state index >= 15 is 0 Å². The molecule has 0 atom stereocenters. The molecule has 1 heterocycles. The van der Waals surface area contributed by atoms with Crippen molar-refractivity contribution in [3.05, 3.63) is 40.3 Å². The zero-order chi connectivity index (χ0) is 15.1. The lowest BCUT2D eigenvalue weighted by Crippen LogP contribution is -1.99. The van der Waals surface area contributed by atoms with Gasteiger partial charge in [0.25, 0.3) is 0 Å². The van der Waals surface area contributed by atoms with Crippen LogP contribution in [-0.4, -0.2) is 10.7 Å². The zero-order valence-corrected chi connectivity index (χ0v) is 12.0. The first kappa shape index (κ1) is 14.5. The van der Waals surface area contributed by atoms with Crippen LogP contribution in [0.5, 0.6) is 5.75 Å². The van der Waals surface area contributed by atoms with Crippen LogP contribution in [0.4, 0.5) is 5.69 Å². The molecule has 0 radical (unpaired) electrons. The molecule has 7 heteroatoms. The summed E-state index contributed by atoms with van der Waals surface area (Å²) in [5.74, 6) is 0.748. The van der Waals surface area contributed by atoms with Gasteiger partial charge < -0.3 is 4.74 Å². The van der Waals surface area contributed by atoms with Crippen LogP contribution in [0.25, 0.3) is 0 Å². The highest BCUT2D eigenvalue weighted by Gasteiger charge is 2.03. The fourth-order valence-electron chi connectivity index (χ4n) is 1.54. The van der Waals surface area contributed by atoms with Gasteiger partial charge in [0.15, 0.2) is 0 Å². The molecular formula is C14H11N5OS. The normalized spacial score (nSPS) is 9.29. The predicted octanol–water partition coefficient (Wildman–Crippen LogP) is 2.85. The number of thiazole rings is 1. The molecule has 21 heavy (non-hydrogen) atoms. The topological polar surface area (TPSA) is 94.1 Å². The van der Waals surface area contributed by atoms with E-state index in [1.165, 1.54) is 11.3 Å². The van der Waals surface area contributed by atoms with Gasteiger partial charge >= 0.3 is 0 Å². The SMILES string of the molecule is Cc1cc(NN=C(C#N)C#N)ccc1OCc1cscn1. The fourth-order valence-corrected chi connectivity index (χ4v) is 2.08. The van der Waals surface area contributed by atoms with Gasteiger partial charge in [-0.2, -0.15) is 15.6 Å². The van der Waals surface area contributed by atoms with Crippen molar-refractivity contribution in [2.75, 3.05) is 5.43 Å². The standard InChI is InChI=1S/C14H11N5OS/c1-10-4-11(18-19-12(5-15)6-16)2-3-14(10)20-7-13-8-21-9-17-13/h2-4,8-9,18H,7H2,1H3. The Bertz CT molecular complexity index is 709. The van der Waals surface area contributed by atoms with Gasteiger partial charge in [-0.15, -0.1) is 11.3 Å². The Hall–Kier alpha value is -2.90. The van der Waals surface area contributed by atoms with E-state index in [1.807, 2.05) is 18.4 Å². The first-order valence-electron chi connectivity index (χ1n) is 5.97. The minimum absolute atomic E-state index is 0.225. The summed E-state index contributed by atoms with van der Waals surface area (Å²) in [7, 11) is 0. The Balaban J connectivity index is 2.02. The second kappa shape index (κ2) is 7.04. The molecule has 1 aromatic heterocycles. The number of benzene rings is 1. The molecule has 2 aromatic rings. The number of aromatic nitrogens is 1. The van der Waals surface area contributed by atoms with E-state index in [0.717, 1.165) is 17.0 Å². The van der Waals surface area contributed by atoms with Crippen LogP contribution in [0.3, 0.4) is 0 Å². The van der Waals surface area contributed by atoms with E-state index in [0.29, 0.717) is 12.3 Å². The molecule has 1 N–H and O–H groups in total. The number of hydrogen-bond donors (Lipinski definition) is 1. The summed E-state index contributed by atoms with van der Waals surface area (Å²) in [5, 5.41) is 22.8. The van der Waals surface area contributed by atoms with Gasteiger partial charge in [-0.1, -0.05) is 0 Å². The number of nitrogens with zero attached hydrogens (tertiary/aromatic N) is 4. The largest absolute Gasteiger partial charge is 0.487 e. The van der Waals surface area contributed by atoms with Crippen molar-refractivity contribution in [1.82, 2.24) is 4.98 Å². The molecule has 0 fully saturated rings. The molecule has 2 rings (SSSR count). The third-order valence-electron chi connectivity index (χ3n) is 2.54. The van der Waals surface area contributed by atoms with Crippen LogP contribution in [0, 0.1) is 29.6 Å². The maximum absolute atomic E-state index is 8.59. The quantitative estimate of drug-likeness (QED) is 0.676. The monoisotopic (exact) mass is 297 g/mol. The highest BCUT2D eigenvalue weighted by Crippen LogP contribution is 2.23. The summed E-state index contributed by atoms with van der Waals surface area (Å²) < 4.78 is 5.68. The number of anilines is 1. The van der Waals surface area contributed by atoms with Crippen molar-refractivity contribution in [2.24, 2.45) is 5.10 Å². The Kier molecular flexibility index (Phi) is 4.86. The molecular weight excluding hydrogens is 286 g/mol. The predicted molar refractivity (Wildman–Crippen MR) is 79.9 cm³/mol. The summed E-state index contributed by atoms with van der Waals surface area (Å²) in [6.45, 7) is 2.32. The van der Waals surface area contributed by atoms with E-state index < -0.39 is 0 Å². The van der Waals surface area contributed by atoms with Crippen LogP contribution < -0.4 is 10.2 Å². The molecule has 0 amide bonds. The third kappa shape index (κ3) is 4.03. The average molecular weight is 297 g/mol. The third-order valence-corrected chi connectivity index (χ3v) is 3.18. The number of ether oxygens (including phenoxy) is 1. The van der Waals surface area contributed by atoms with Crippen molar-refractivity contribution in [1.29, 1.82) is 10.5 Å². The average Bonchev–Trinajstić information content (AvgIpc) is 3.01. The number of rotatable bonds is 5. The van der Waals surface area contributed by atoms with Gasteiger partial charge in [-0.05, 0) is 30.7 Å². The van der Waals surface area contributed by atoms with Crippen molar-refractivity contribution < 1.29 is 4.74 Å². The van der Waals surface area contributed by atoms with E-state index in [-0.39, 0.29) is 5.71 Å². The minimum Gasteiger partial charge on any atom is -0.487 e. The van der Waals surface area contributed by atoms with E-state index in [4.69, 9.17) is 15.3 Å². The molecule has 0 bridgehead atoms. The molecule has 0 unspecified atom stereocenters. The fraction of sp³-hybridized carbons (Fsp3) is 0.143. The second-order valence-electron chi connectivity index (χ2n) is 4.04. The second-order valence-corrected chi connectivity index (χ2v) is 4.76. The molecule has 0 spiro atoms. The van der Waals surface area contributed by atoms with Gasteiger partial charge in [0.05, 0.1) is 16.9 Å². The van der Waals surface area contributed by atoms with E-state index in [2.05, 4.69) is 15.5 Å². The summed E-state index contributed by atoms with van der Waals surface area (Å²) in [6.07, 6.45) is 0. The number of aryl methyl sites for hydroxylation is 1. The van der Waals surface area contributed by atoms with Gasteiger partial charge in [0.1, 0.15) is 24.5 Å². The van der Waals surface area contributed by atoms with E-state index in [1.54, 1.807) is 29.8 Å². The van der Waals surface area contributed by atoms with Crippen molar-refractivity contribution in [3.8, 4) is 17.9 Å². The molecule has 0 saturated carbocycles. The lowest BCUT2D eigenvalue weighted by Gasteiger charge is -2.09. The molecule has 6 nitrogen and oxygen atoms in total. The first-order chi connectivity index (χ1) is 10.2. The van der Waals surface area contributed by atoms with Crippen molar-refractivity contribution in [2.45, 2.75) is 13.5 Å². The van der Waals surface area contributed by atoms with Gasteiger partial charge in [0.2, 0.25) is 5.71 Å². The Morgan fingerprint density at radius 3 is 2.86 bits per heavy atom. The summed E-state index contributed by atoms with van der Waals surface area (Å²) in [4.78, 5) is 4.15. The van der Waals surface area contributed by atoms with Gasteiger partial charge in [-0.25, -0.2) is 4.98 Å². The first-order valence-corrected chi connectivity index (χ1v) is 6.91. The van der Waals surface area contributed by atoms with E-state index in [9.17, 15) is 0 Å². The maximum atomic E-state index is 8.59. The number of hydrazone groups is 1. The summed E-state index contributed by atoms with van der Waals surface area (Å²) >= 11 is 1.53. The van der Waals surface area contributed by atoms with Crippen LogP contribution >= 0.6 is 11.3 Å². The van der Waals surface area contributed by atoms with Gasteiger partial charge in [-0.3, -0.25) is 5.43 Å². The van der Waals surface area contributed by atoms with Crippen LogP contribution in [0.2, 0.25) is 0 Å². The highest BCUT2D eigenvalue weighted by molar-refractivity contribution is 7.07. The zero-order valence-electron chi connectivity index (χ0n) is 11.2. The van der Waals surface area contributed by atoms with Gasteiger partial charge in [0, 0.05) is 5.38 Å². The van der Waals surface area contributed by atoms with Crippen molar-refractivity contribution in [3.63, 3.8) is 0 Å². The molecule has 104 valence electrons. The van der Waals surface area contributed by atoms with Crippen LogP contribution in [0.1, 0.15) is 11.3 Å². The Morgan fingerprint density at radius 2 is 2.24 bits per heavy atom.